The molecular weight excluding hydrogens is 164 g/mol. The van der Waals surface area contributed by atoms with Gasteiger partial charge in [0.2, 0.25) is 0 Å². The van der Waals surface area contributed by atoms with E-state index in [4.69, 9.17) is 4.74 Å². The summed E-state index contributed by atoms with van der Waals surface area (Å²) in [4.78, 5) is 0. The van der Waals surface area contributed by atoms with E-state index in [1.807, 2.05) is 7.11 Å². The van der Waals surface area contributed by atoms with Gasteiger partial charge in [0.25, 0.3) is 0 Å². The van der Waals surface area contributed by atoms with Gasteiger partial charge >= 0.3 is 0 Å². The molecule has 1 saturated carbocycles. The summed E-state index contributed by atoms with van der Waals surface area (Å²) in [5.41, 5.74) is 0.899. The first-order valence-corrected chi connectivity index (χ1v) is 8.66. The SMILES string of the molecule is COC1CCCCC1[Si](C)(C)C. The summed E-state index contributed by atoms with van der Waals surface area (Å²) in [6.45, 7) is 7.40. The summed E-state index contributed by atoms with van der Waals surface area (Å²) in [5, 5.41) is 0. The highest BCUT2D eigenvalue weighted by Crippen LogP contribution is 2.38. The van der Waals surface area contributed by atoms with E-state index in [1.165, 1.54) is 25.7 Å². The molecule has 0 heterocycles. The van der Waals surface area contributed by atoms with Gasteiger partial charge in [0, 0.05) is 7.11 Å². The van der Waals surface area contributed by atoms with E-state index < -0.39 is 8.07 Å². The third-order valence-electron chi connectivity index (χ3n) is 3.12. The zero-order valence-electron chi connectivity index (χ0n) is 8.89. The van der Waals surface area contributed by atoms with Crippen LogP contribution in [-0.4, -0.2) is 21.3 Å². The van der Waals surface area contributed by atoms with Crippen molar-refractivity contribution in [1.82, 2.24) is 0 Å². The Hall–Kier alpha value is 0.177. The highest BCUT2D eigenvalue weighted by molar-refractivity contribution is 6.77. The van der Waals surface area contributed by atoms with Gasteiger partial charge in [0.15, 0.2) is 0 Å². The van der Waals surface area contributed by atoms with Crippen LogP contribution in [-0.2, 0) is 4.74 Å². The minimum Gasteiger partial charge on any atom is -0.381 e. The van der Waals surface area contributed by atoms with Crippen LogP contribution < -0.4 is 0 Å². The van der Waals surface area contributed by atoms with Crippen molar-refractivity contribution in [2.45, 2.75) is 57.0 Å². The number of hydrogen-bond donors (Lipinski definition) is 0. The Labute approximate surface area is 77.5 Å². The van der Waals surface area contributed by atoms with Crippen molar-refractivity contribution in [2.24, 2.45) is 0 Å². The second kappa shape index (κ2) is 3.92. The predicted molar refractivity (Wildman–Crippen MR) is 56.4 cm³/mol. The average molecular weight is 186 g/mol. The minimum atomic E-state index is -0.965. The van der Waals surface area contributed by atoms with Crippen molar-refractivity contribution in [3.63, 3.8) is 0 Å². The molecule has 0 N–H and O–H groups in total. The number of ether oxygens (including phenoxy) is 1. The Balaban J connectivity index is 2.59. The molecule has 0 aliphatic heterocycles. The summed E-state index contributed by atoms with van der Waals surface area (Å²) in [6, 6.07) is 0. The molecule has 1 rings (SSSR count). The Morgan fingerprint density at radius 2 is 1.67 bits per heavy atom. The van der Waals surface area contributed by atoms with E-state index in [0.717, 1.165) is 5.54 Å². The lowest BCUT2D eigenvalue weighted by atomic mass is 9.97. The molecule has 1 fully saturated rings. The Morgan fingerprint density at radius 1 is 1.08 bits per heavy atom. The molecule has 0 bridgehead atoms. The number of hydrogen-bond acceptors (Lipinski definition) is 1. The van der Waals surface area contributed by atoms with Gasteiger partial charge in [-0.1, -0.05) is 38.9 Å². The standard InChI is InChI=1S/C10H22OSi/c1-11-9-7-5-6-8-10(9)12(2,3)4/h9-10H,5-8H2,1-4H3. The van der Waals surface area contributed by atoms with Crippen molar-refractivity contribution in [3.8, 4) is 0 Å². The van der Waals surface area contributed by atoms with Crippen molar-refractivity contribution in [1.29, 1.82) is 0 Å². The second-order valence-corrected chi connectivity index (χ2v) is 10.5. The van der Waals surface area contributed by atoms with Gasteiger partial charge in [-0.2, -0.15) is 0 Å². The van der Waals surface area contributed by atoms with Gasteiger partial charge < -0.3 is 4.74 Å². The molecule has 72 valence electrons. The largest absolute Gasteiger partial charge is 0.381 e. The highest BCUT2D eigenvalue weighted by Gasteiger charge is 2.35. The summed E-state index contributed by atoms with van der Waals surface area (Å²) in [5.74, 6) is 0. The fraction of sp³-hybridized carbons (Fsp3) is 1.00. The Bertz CT molecular complexity index is 139. The van der Waals surface area contributed by atoms with Crippen LogP contribution in [0, 0.1) is 0 Å². The summed E-state index contributed by atoms with van der Waals surface area (Å²) in [6.07, 6.45) is 6.08. The first kappa shape index (κ1) is 10.3. The zero-order chi connectivity index (χ0) is 9.19. The van der Waals surface area contributed by atoms with Crippen molar-refractivity contribution in [2.75, 3.05) is 7.11 Å². The highest BCUT2D eigenvalue weighted by atomic mass is 28.3. The van der Waals surface area contributed by atoms with Crippen LogP contribution in [0.3, 0.4) is 0 Å². The Morgan fingerprint density at radius 3 is 2.08 bits per heavy atom. The molecule has 0 aromatic carbocycles. The van der Waals surface area contributed by atoms with Gasteiger partial charge in [-0.25, -0.2) is 0 Å². The third kappa shape index (κ3) is 2.33. The van der Waals surface area contributed by atoms with Crippen molar-refractivity contribution >= 4 is 8.07 Å². The van der Waals surface area contributed by atoms with E-state index in [-0.39, 0.29) is 0 Å². The van der Waals surface area contributed by atoms with Crippen LogP contribution in [0.5, 0.6) is 0 Å². The first-order valence-electron chi connectivity index (χ1n) is 5.08. The minimum absolute atomic E-state index is 0.574. The molecule has 0 amide bonds. The second-order valence-electron chi connectivity index (χ2n) is 5.03. The van der Waals surface area contributed by atoms with Crippen LogP contribution in [0.15, 0.2) is 0 Å². The lowest BCUT2D eigenvalue weighted by Gasteiger charge is -2.38. The molecule has 0 spiro atoms. The quantitative estimate of drug-likeness (QED) is 0.601. The molecule has 0 aromatic rings. The summed E-state index contributed by atoms with van der Waals surface area (Å²) >= 11 is 0. The molecule has 2 heteroatoms. The van der Waals surface area contributed by atoms with Crippen LogP contribution in [0.1, 0.15) is 25.7 Å². The molecule has 1 aliphatic rings. The van der Waals surface area contributed by atoms with Gasteiger partial charge in [0.1, 0.15) is 0 Å². The summed E-state index contributed by atoms with van der Waals surface area (Å²) in [7, 11) is 0.913. The topological polar surface area (TPSA) is 9.23 Å². The molecule has 12 heavy (non-hydrogen) atoms. The monoisotopic (exact) mass is 186 g/mol. The summed E-state index contributed by atoms with van der Waals surface area (Å²) < 4.78 is 5.56. The fourth-order valence-corrected chi connectivity index (χ4v) is 4.86. The molecule has 0 radical (unpaired) electrons. The molecular formula is C10H22OSi. The molecule has 2 unspecified atom stereocenters. The van der Waals surface area contributed by atoms with E-state index >= 15 is 0 Å². The third-order valence-corrected chi connectivity index (χ3v) is 6.00. The van der Waals surface area contributed by atoms with Gasteiger partial charge in [0.05, 0.1) is 14.2 Å². The lowest BCUT2D eigenvalue weighted by Crippen LogP contribution is -2.39. The maximum Gasteiger partial charge on any atom is 0.0575 e. The Kier molecular flexibility index (Phi) is 3.35. The number of methoxy groups -OCH3 is 1. The van der Waals surface area contributed by atoms with Gasteiger partial charge in [-0.15, -0.1) is 0 Å². The van der Waals surface area contributed by atoms with E-state index in [0.29, 0.717) is 6.10 Å². The van der Waals surface area contributed by atoms with Gasteiger partial charge in [-0.05, 0) is 12.0 Å². The number of rotatable bonds is 2. The predicted octanol–water partition coefficient (Wildman–Crippen LogP) is 3.28. The van der Waals surface area contributed by atoms with E-state index in [1.54, 1.807) is 0 Å². The maximum atomic E-state index is 5.56. The van der Waals surface area contributed by atoms with Crippen molar-refractivity contribution < 1.29 is 4.74 Å². The molecule has 1 nitrogen and oxygen atoms in total. The molecule has 2 atom stereocenters. The van der Waals surface area contributed by atoms with Crippen LogP contribution in [0.25, 0.3) is 0 Å². The van der Waals surface area contributed by atoms with E-state index in [2.05, 4.69) is 19.6 Å². The van der Waals surface area contributed by atoms with Crippen LogP contribution >= 0.6 is 0 Å². The van der Waals surface area contributed by atoms with Crippen LogP contribution in [0.4, 0.5) is 0 Å². The smallest absolute Gasteiger partial charge is 0.0575 e. The zero-order valence-corrected chi connectivity index (χ0v) is 9.89. The molecule has 0 aromatic heterocycles. The molecule has 0 saturated heterocycles. The maximum absolute atomic E-state index is 5.56. The fourth-order valence-electron chi connectivity index (χ4n) is 2.37. The average Bonchev–Trinajstić information content (AvgIpc) is 2.03. The van der Waals surface area contributed by atoms with E-state index in [9.17, 15) is 0 Å². The lowest BCUT2D eigenvalue weighted by molar-refractivity contribution is 0.0690. The molecule has 1 aliphatic carbocycles. The van der Waals surface area contributed by atoms with Gasteiger partial charge in [-0.3, -0.25) is 0 Å². The first-order chi connectivity index (χ1) is 5.55. The van der Waals surface area contributed by atoms with Crippen molar-refractivity contribution in [3.05, 3.63) is 0 Å². The van der Waals surface area contributed by atoms with Crippen LogP contribution in [0.2, 0.25) is 25.2 Å². The normalized spacial score (nSPS) is 32.0.